The summed E-state index contributed by atoms with van der Waals surface area (Å²) >= 11 is 1.66. The van der Waals surface area contributed by atoms with Crippen LogP contribution in [0.15, 0.2) is 93.2 Å². The monoisotopic (exact) mass is 416 g/mol. The van der Waals surface area contributed by atoms with Crippen LogP contribution in [0.5, 0.6) is 5.75 Å². The highest BCUT2D eigenvalue weighted by Gasteiger charge is 2.13. The molecule has 0 aliphatic heterocycles. The standard InChI is InChI=1S/C24H20N2O3S/c1-28-19-11-7-17(8-12-19)25-23(27)21-15-16-5-3-4-6-22(16)29-24(21)26-18-9-13-20(30-2)14-10-18/h3-15H,1-2H3,(H,25,27). The molecule has 0 bridgehead atoms. The van der Waals surface area contributed by atoms with Crippen LogP contribution in [-0.2, 0) is 0 Å². The molecule has 4 rings (SSSR count). The Kier molecular flexibility index (Phi) is 5.86. The van der Waals surface area contributed by atoms with Gasteiger partial charge in [-0.3, -0.25) is 4.79 Å². The van der Waals surface area contributed by atoms with Crippen molar-refractivity contribution in [2.24, 2.45) is 4.99 Å². The molecule has 0 atom stereocenters. The maximum Gasteiger partial charge on any atom is 0.261 e. The van der Waals surface area contributed by atoms with Crippen molar-refractivity contribution in [2.75, 3.05) is 18.7 Å². The molecule has 150 valence electrons. The van der Waals surface area contributed by atoms with E-state index in [2.05, 4.69) is 10.3 Å². The van der Waals surface area contributed by atoms with Gasteiger partial charge in [-0.15, -0.1) is 11.8 Å². The Morgan fingerprint density at radius 2 is 1.73 bits per heavy atom. The first-order chi connectivity index (χ1) is 14.7. The lowest BCUT2D eigenvalue weighted by Gasteiger charge is -2.08. The Bertz CT molecular complexity index is 1250. The lowest BCUT2D eigenvalue weighted by atomic mass is 10.1. The van der Waals surface area contributed by atoms with Crippen LogP contribution in [0.4, 0.5) is 11.4 Å². The van der Waals surface area contributed by atoms with Crippen LogP contribution in [0.3, 0.4) is 0 Å². The van der Waals surface area contributed by atoms with Gasteiger partial charge in [0.05, 0.1) is 12.8 Å². The molecule has 3 aromatic carbocycles. The van der Waals surface area contributed by atoms with Crippen LogP contribution >= 0.6 is 11.8 Å². The Morgan fingerprint density at radius 3 is 2.43 bits per heavy atom. The number of rotatable bonds is 5. The number of carbonyl (C=O) groups excluding carboxylic acids is 1. The fourth-order valence-corrected chi connectivity index (χ4v) is 3.37. The summed E-state index contributed by atoms with van der Waals surface area (Å²) in [6.07, 6.45) is 2.02. The first-order valence-corrected chi connectivity index (χ1v) is 10.6. The quantitative estimate of drug-likeness (QED) is 0.427. The molecule has 0 unspecified atom stereocenters. The van der Waals surface area contributed by atoms with E-state index < -0.39 is 0 Å². The molecule has 0 saturated carbocycles. The zero-order chi connectivity index (χ0) is 20.9. The third-order valence-corrected chi connectivity index (χ3v) is 5.30. The van der Waals surface area contributed by atoms with E-state index in [9.17, 15) is 4.79 Å². The molecule has 0 aliphatic carbocycles. The largest absolute Gasteiger partial charge is 0.497 e. The van der Waals surface area contributed by atoms with Gasteiger partial charge in [0.15, 0.2) is 0 Å². The summed E-state index contributed by atoms with van der Waals surface area (Å²) in [6, 6.07) is 24.3. The Morgan fingerprint density at radius 1 is 1.00 bits per heavy atom. The van der Waals surface area contributed by atoms with E-state index in [1.165, 1.54) is 0 Å². The second-order valence-corrected chi connectivity index (χ2v) is 7.38. The number of thioether (sulfide) groups is 1. The molecule has 0 fully saturated rings. The van der Waals surface area contributed by atoms with Gasteiger partial charge in [-0.25, -0.2) is 4.99 Å². The lowest BCUT2D eigenvalue weighted by Crippen LogP contribution is -2.21. The first kappa shape index (κ1) is 19.8. The molecule has 0 spiro atoms. The third-order valence-electron chi connectivity index (χ3n) is 4.55. The summed E-state index contributed by atoms with van der Waals surface area (Å²) in [6.45, 7) is 0. The minimum absolute atomic E-state index is 0.261. The second-order valence-electron chi connectivity index (χ2n) is 6.50. The van der Waals surface area contributed by atoms with Crippen molar-refractivity contribution >= 4 is 40.0 Å². The number of anilines is 1. The van der Waals surface area contributed by atoms with Gasteiger partial charge in [-0.05, 0) is 66.9 Å². The Labute approximate surface area is 178 Å². The summed E-state index contributed by atoms with van der Waals surface area (Å²) in [5.41, 5.74) is 2.66. The molecule has 1 heterocycles. The molecule has 1 N–H and O–H groups in total. The van der Waals surface area contributed by atoms with Crippen LogP contribution in [0.25, 0.3) is 11.0 Å². The van der Waals surface area contributed by atoms with Gasteiger partial charge in [0, 0.05) is 16.0 Å². The van der Waals surface area contributed by atoms with E-state index in [4.69, 9.17) is 9.15 Å². The molecule has 5 nitrogen and oxygen atoms in total. The highest BCUT2D eigenvalue weighted by Crippen LogP contribution is 2.20. The number of methoxy groups -OCH3 is 1. The fraction of sp³-hybridized carbons (Fsp3) is 0.0833. The van der Waals surface area contributed by atoms with Crippen LogP contribution in [-0.4, -0.2) is 19.3 Å². The van der Waals surface area contributed by atoms with Gasteiger partial charge in [-0.2, -0.15) is 0 Å². The van der Waals surface area contributed by atoms with Crippen molar-refractivity contribution in [3.05, 3.63) is 90.0 Å². The average molecular weight is 417 g/mol. The molecule has 0 radical (unpaired) electrons. The zero-order valence-electron chi connectivity index (χ0n) is 16.6. The van der Waals surface area contributed by atoms with Crippen molar-refractivity contribution < 1.29 is 13.9 Å². The van der Waals surface area contributed by atoms with E-state index >= 15 is 0 Å². The van der Waals surface area contributed by atoms with Crippen LogP contribution < -0.4 is 15.6 Å². The van der Waals surface area contributed by atoms with Gasteiger partial charge in [0.1, 0.15) is 16.9 Å². The van der Waals surface area contributed by atoms with Crippen LogP contribution in [0, 0.1) is 0 Å². The van der Waals surface area contributed by atoms with E-state index in [0.717, 1.165) is 16.0 Å². The second kappa shape index (κ2) is 8.88. The molecule has 30 heavy (non-hydrogen) atoms. The maximum atomic E-state index is 13.1. The molecule has 0 aliphatic rings. The predicted octanol–water partition coefficient (Wildman–Crippen LogP) is 5.65. The number of hydrogen-bond donors (Lipinski definition) is 1. The Balaban J connectivity index is 1.76. The molecule has 1 aromatic heterocycles. The van der Waals surface area contributed by atoms with Crippen LogP contribution in [0.2, 0.25) is 0 Å². The number of nitrogens with one attached hydrogen (secondary N) is 1. The number of hydrogen-bond acceptors (Lipinski definition) is 5. The summed E-state index contributed by atoms with van der Waals surface area (Å²) in [4.78, 5) is 18.8. The number of carbonyl (C=O) groups is 1. The minimum atomic E-state index is -0.297. The lowest BCUT2D eigenvalue weighted by molar-refractivity contribution is 0.102. The molecular formula is C24H20N2O3S. The number of nitrogens with zero attached hydrogens (tertiary/aromatic N) is 1. The van der Waals surface area contributed by atoms with E-state index in [1.54, 1.807) is 49.2 Å². The fourth-order valence-electron chi connectivity index (χ4n) is 2.96. The molecule has 0 saturated heterocycles. The van der Waals surface area contributed by atoms with Crippen molar-refractivity contribution in [1.29, 1.82) is 0 Å². The zero-order valence-corrected chi connectivity index (χ0v) is 17.4. The van der Waals surface area contributed by atoms with E-state index in [0.29, 0.717) is 22.5 Å². The summed E-state index contributed by atoms with van der Waals surface area (Å²) in [5.74, 6) is 0.423. The van der Waals surface area contributed by atoms with Crippen LogP contribution in [0.1, 0.15) is 10.4 Å². The van der Waals surface area contributed by atoms with E-state index in [1.807, 2.05) is 54.8 Å². The van der Waals surface area contributed by atoms with Crippen molar-refractivity contribution in [3.8, 4) is 5.75 Å². The molecule has 6 heteroatoms. The number of fused-ring (bicyclic) bond motifs is 1. The molecule has 4 aromatic rings. The average Bonchev–Trinajstić information content (AvgIpc) is 2.79. The molecular weight excluding hydrogens is 396 g/mol. The summed E-state index contributed by atoms with van der Waals surface area (Å²) < 4.78 is 11.2. The third kappa shape index (κ3) is 4.39. The van der Waals surface area contributed by atoms with Gasteiger partial charge in [0.2, 0.25) is 5.55 Å². The normalized spacial score (nSPS) is 11.5. The van der Waals surface area contributed by atoms with E-state index in [-0.39, 0.29) is 11.5 Å². The highest BCUT2D eigenvalue weighted by molar-refractivity contribution is 7.98. The number of amides is 1. The SMILES string of the molecule is COc1ccc(NC(=O)c2cc3ccccc3oc2=Nc2ccc(SC)cc2)cc1. The smallest absolute Gasteiger partial charge is 0.261 e. The maximum absolute atomic E-state index is 13.1. The predicted molar refractivity (Wildman–Crippen MR) is 121 cm³/mol. The van der Waals surface area contributed by atoms with Gasteiger partial charge in [-0.1, -0.05) is 18.2 Å². The van der Waals surface area contributed by atoms with Gasteiger partial charge in [0.25, 0.3) is 5.91 Å². The van der Waals surface area contributed by atoms with Crippen molar-refractivity contribution in [2.45, 2.75) is 4.90 Å². The highest BCUT2D eigenvalue weighted by atomic mass is 32.2. The summed E-state index contributed by atoms with van der Waals surface area (Å²) in [7, 11) is 1.60. The molecule has 1 amide bonds. The first-order valence-electron chi connectivity index (χ1n) is 9.33. The number of benzene rings is 3. The number of para-hydroxylation sites is 1. The van der Waals surface area contributed by atoms with Crippen molar-refractivity contribution in [1.82, 2.24) is 0 Å². The summed E-state index contributed by atoms with van der Waals surface area (Å²) in [5, 5.41) is 3.73. The van der Waals surface area contributed by atoms with Crippen molar-refractivity contribution in [3.63, 3.8) is 0 Å². The topological polar surface area (TPSA) is 63.8 Å². The Hall–Kier alpha value is -3.51. The number of ether oxygens (including phenoxy) is 1. The van der Waals surface area contributed by atoms with Gasteiger partial charge >= 0.3 is 0 Å². The minimum Gasteiger partial charge on any atom is -0.497 e. The van der Waals surface area contributed by atoms with Gasteiger partial charge < -0.3 is 14.5 Å².